The van der Waals surface area contributed by atoms with Gasteiger partial charge in [-0.25, -0.2) is 4.79 Å². The largest absolute Gasteiger partial charge is 0.478 e. The predicted molar refractivity (Wildman–Crippen MR) is 77.6 cm³/mol. The van der Waals surface area contributed by atoms with Gasteiger partial charge in [-0.05, 0) is 42.7 Å². The van der Waals surface area contributed by atoms with Crippen LogP contribution in [0.4, 0.5) is 5.69 Å². The molecule has 21 heavy (non-hydrogen) atoms. The number of hydrogen-bond acceptors (Lipinski definition) is 3. The van der Waals surface area contributed by atoms with Gasteiger partial charge < -0.3 is 10.0 Å². The number of hydrogen-bond donors (Lipinski definition) is 1. The highest BCUT2D eigenvalue weighted by Crippen LogP contribution is 2.31. The van der Waals surface area contributed by atoms with E-state index in [1.54, 1.807) is 47.6 Å². The van der Waals surface area contributed by atoms with Crippen LogP contribution in [-0.4, -0.2) is 28.5 Å². The minimum absolute atomic E-state index is 0.124. The van der Waals surface area contributed by atoms with Gasteiger partial charge in [-0.15, -0.1) is 0 Å². The summed E-state index contributed by atoms with van der Waals surface area (Å²) in [5.41, 5.74) is 2.26. The van der Waals surface area contributed by atoms with Crippen molar-refractivity contribution in [1.29, 1.82) is 0 Å². The molecule has 1 amide bonds. The summed E-state index contributed by atoms with van der Waals surface area (Å²) in [5.74, 6) is -1.08. The monoisotopic (exact) mass is 282 g/mol. The number of aromatic nitrogens is 1. The van der Waals surface area contributed by atoms with Crippen molar-refractivity contribution in [1.82, 2.24) is 4.98 Å². The van der Waals surface area contributed by atoms with Crippen LogP contribution in [0, 0.1) is 0 Å². The van der Waals surface area contributed by atoms with E-state index >= 15 is 0 Å². The summed E-state index contributed by atoms with van der Waals surface area (Å²) >= 11 is 0. The molecule has 1 N–H and O–H groups in total. The molecule has 0 bridgehead atoms. The van der Waals surface area contributed by atoms with Gasteiger partial charge in [0.25, 0.3) is 5.91 Å². The van der Waals surface area contributed by atoms with E-state index in [9.17, 15) is 14.7 Å². The molecule has 1 aromatic heterocycles. The van der Waals surface area contributed by atoms with Gasteiger partial charge in [-0.3, -0.25) is 9.78 Å². The van der Waals surface area contributed by atoms with Crippen molar-refractivity contribution >= 4 is 17.6 Å². The highest BCUT2D eigenvalue weighted by molar-refractivity contribution is 6.07. The molecule has 0 aliphatic carbocycles. The zero-order valence-electron chi connectivity index (χ0n) is 11.3. The van der Waals surface area contributed by atoms with E-state index in [0.717, 1.165) is 12.0 Å². The average molecular weight is 282 g/mol. The van der Waals surface area contributed by atoms with Gasteiger partial charge in [-0.2, -0.15) is 0 Å². The molecule has 1 aliphatic heterocycles. The fourth-order valence-corrected chi connectivity index (χ4v) is 2.69. The summed E-state index contributed by atoms with van der Waals surface area (Å²) in [7, 11) is 0. The molecule has 2 aromatic rings. The van der Waals surface area contributed by atoms with Crippen LogP contribution in [-0.2, 0) is 6.42 Å². The number of amides is 1. The SMILES string of the molecule is O=C(O)c1cccc2c1CCCN2C(=O)c1ccncc1. The Bertz CT molecular complexity index is 698. The molecule has 1 aromatic carbocycles. The van der Waals surface area contributed by atoms with Crippen LogP contribution in [0.25, 0.3) is 0 Å². The zero-order chi connectivity index (χ0) is 14.8. The number of carboxylic acids is 1. The standard InChI is InChI=1S/C16H14N2O3/c19-15(11-6-8-17-9-7-11)18-10-2-4-12-13(16(20)21)3-1-5-14(12)18/h1,3,5-9H,2,4,10H2,(H,20,21). The van der Waals surface area contributed by atoms with Gasteiger partial charge in [0.2, 0.25) is 0 Å². The third kappa shape index (κ3) is 2.38. The van der Waals surface area contributed by atoms with E-state index in [1.165, 1.54) is 0 Å². The molecule has 0 saturated carbocycles. The Labute approximate surface area is 121 Å². The summed E-state index contributed by atoms with van der Waals surface area (Å²) in [6.45, 7) is 0.594. The van der Waals surface area contributed by atoms with E-state index in [0.29, 0.717) is 24.2 Å². The van der Waals surface area contributed by atoms with Gasteiger partial charge in [0, 0.05) is 30.2 Å². The second-order valence-corrected chi connectivity index (χ2v) is 4.90. The van der Waals surface area contributed by atoms with Crippen molar-refractivity contribution in [2.45, 2.75) is 12.8 Å². The van der Waals surface area contributed by atoms with Gasteiger partial charge in [0.15, 0.2) is 0 Å². The summed E-state index contributed by atoms with van der Waals surface area (Å²) in [6.07, 6.45) is 4.59. The first-order valence-corrected chi connectivity index (χ1v) is 6.75. The molecular formula is C16H14N2O3. The second-order valence-electron chi connectivity index (χ2n) is 4.90. The first-order chi connectivity index (χ1) is 10.2. The van der Waals surface area contributed by atoms with Crippen LogP contribution < -0.4 is 4.90 Å². The van der Waals surface area contributed by atoms with E-state index in [-0.39, 0.29) is 11.5 Å². The van der Waals surface area contributed by atoms with Crippen molar-refractivity contribution in [3.63, 3.8) is 0 Å². The number of anilines is 1. The number of carbonyl (C=O) groups excluding carboxylic acids is 1. The first kappa shape index (κ1) is 13.3. The van der Waals surface area contributed by atoms with E-state index in [4.69, 9.17) is 0 Å². The Hall–Kier alpha value is -2.69. The lowest BCUT2D eigenvalue weighted by molar-refractivity contribution is 0.0695. The molecule has 106 valence electrons. The lowest BCUT2D eigenvalue weighted by atomic mass is 9.95. The molecular weight excluding hydrogens is 268 g/mol. The minimum atomic E-state index is -0.954. The molecule has 0 unspecified atom stereocenters. The molecule has 5 nitrogen and oxygen atoms in total. The molecule has 0 spiro atoms. The third-order valence-electron chi connectivity index (χ3n) is 3.65. The van der Waals surface area contributed by atoms with Gasteiger partial charge >= 0.3 is 5.97 Å². The molecule has 0 atom stereocenters. The van der Waals surface area contributed by atoms with Crippen LogP contribution in [0.5, 0.6) is 0 Å². The number of aromatic carboxylic acids is 1. The topological polar surface area (TPSA) is 70.5 Å². The fraction of sp³-hybridized carbons (Fsp3) is 0.188. The maximum absolute atomic E-state index is 12.6. The molecule has 1 aliphatic rings. The molecule has 0 fully saturated rings. The quantitative estimate of drug-likeness (QED) is 0.918. The summed E-state index contributed by atoms with van der Waals surface area (Å²) in [4.78, 5) is 29.5. The predicted octanol–water partition coefficient (Wildman–Crippen LogP) is 2.37. The van der Waals surface area contributed by atoms with Gasteiger partial charge in [-0.1, -0.05) is 6.07 Å². The van der Waals surface area contributed by atoms with E-state index in [1.807, 2.05) is 0 Å². The van der Waals surface area contributed by atoms with Crippen LogP contribution in [0.3, 0.4) is 0 Å². The molecule has 2 heterocycles. The maximum atomic E-state index is 12.6. The van der Waals surface area contributed by atoms with Crippen LogP contribution in [0.1, 0.15) is 32.7 Å². The van der Waals surface area contributed by atoms with Crippen LogP contribution >= 0.6 is 0 Å². The Morgan fingerprint density at radius 2 is 1.90 bits per heavy atom. The third-order valence-corrected chi connectivity index (χ3v) is 3.65. The highest BCUT2D eigenvalue weighted by atomic mass is 16.4. The van der Waals surface area contributed by atoms with Crippen molar-refractivity contribution in [3.8, 4) is 0 Å². The first-order valence-electron chi connectivity index (χ1n) is 6.75. The van der Waals surface area contributed by atoms with E-state index in [2.05, 4.69) is 4.98 Å². The zero-order valence-corrected chi connectivity index (χ0v) is 11.3. The molecule has 0 radical (unpaired) electrons. The molecule has 0 saturated heterocycles. The summed E-state index contributed by atoms with van der Waals surface area (Å²) < 4.78 is 0. The van der Waals surface area contributed by atoms with Crippen LogP contribution in [0.2, 0.25) is 0 Å². The Kier molecular flexibility index (Phi) is 3.39. The van der Waals surface area contributed by atoms with Crippen LogP contribution in [0.15, 0.2) is 42.7 Å². The highest BCUT2D eigenvalue weighted by Gasteiger charge is 2.26. The van der Waals surface area contributed by atoms with E-state index < -0.39 is 5.97 Å². The Morgan fingerprint density at radius 3 is 2.62 bits per heavy atom. The molecule has 3 rings (SSSR count). The van der Waals surface area contributed by atoms with Crippen molar-refractivity contribution < 1.29 is 14.7 Å². The second kappa shape index (κ2) is 5.36. The minimum Gasteiger partial charge on any atom is -0.478 e. The average Bonchev–Trinajstić information content (AvgIpc) is 2.53. The normalized spacial score (nSPS) is 13.6. The number of pyridine rings is 1. The maximum Gasteiger partial charge on any atom is 0.336 e. The van der Waals surface area contributed by atoms with Gasteiger partial charge in [0.1, 0.15) is 0 Å². The van der Waals surface area contributed by atoms with Crippen molar-refractivity contribution in [3.05, 3.63) is 59.4 Å². The number of benzene rings is 1. The lowest BCUT2D eigenvalue weighted by Crippen LogP contribution is -2.36. The molecule has 5 heteroatoms. The Morgan fingerprint density at radius 1 is 1.14 bits per heavy atom. The number of fused-ring (bicyclic) bond motifs is 1. The smallest absolute Gasteiger partial charge is 0.336 e. The number of carboxylic acid groups (broad SMARTS) is 1. The number of nitrogens with zero attached hydrogens (tertiary/aromatic N) is 2. The number of carbonyl (C=O) groups is 2. The summed E-state index contributed by atoms with van der Waals surface area (Å²) in [5, 5.41) is 9.27. The van der Waals surface area contributed by atoms with Crippen molar-refractivity contribution in [2.75, 3.05) is 11.4 Å². The van der Waals surface area contributed by atoms with Gasteiger partial charge in [0.05, 0.1) is 5.56 Å². The summed E-state index contributed by atoms with van der Waals surface area (Å²) in [6, 6.07) is 8.40. The lowest BCUT2D eigenvalue weighted by Gasteiger charge is -2.30. The Balaban J connectivity index is 2.04. The fourth-order valence-electron chi connectivity index (χ4n) is 2.69. The van der Waals surface area contributed by atoms with Crippen molar-refractivity contribution in [2.24, 2.45) is 0 Å². The number of rotatable bonds is 2.